The highest BCUT2D eigenvalue weighted by Crippen LogP contribution is 2.30. The number of aromatic nitrogens is 1. The first-order valence-corrected chi connectivity index (χ1v) is 6.68. The van der Waals surface area contributed by atoms with Gasteiger partial charge in [0.15, 0.2) is 0 Å². The van der Waals surface area contributed by atoms with Gasteiger partial charge >= 0.3 is 0 Å². The smallest absolute Gasteiger partial charge is 0.217 e. The Hall–Kier alpha value is -1.81. The molecule has 0 bridgehead atoms. The van der Waals surface area contributed by atoms with Gasteiger partial charge in [0.05, 0.1) is 12.6 Å². The van der Waals surface area contributed by atoms with E-state index in [0.29, 0.717) is 5.88 Å². The molecule has 1 aliphatic rings. The monoisotopic (exact) mass is 258 g/mol. The Kier molecular flexibility index (Phi) is 3.51. The van der Waals surface area contributed by atoms with Crippen molar-refractivity contribution in [2.24, 2.45) is 0 Å². The van der Waals surface area contributed by atoms with Crippen LogP contribution in [0.25, 0.3) is 10.9 Å². The third-order valence-corrected chi connectivity index (χ3v) is 3.44. The molecule has 2 aromatic rings. The van der Waals surface area contributed by atoms with Gasteiger partial charge < -0.3 is 14.8 Å². The molecule has 0 atom stereocenters. The van der Waals surface area contributed by atoms with Crippen molar-refractivity contribution in [3.05, 3.63) is 30.3 Å². The van der Waals surface area contributed by atoms with Crippen molar-refractivity contribution >= 4 is 10.9 Å². The first-order valence-electron chi connectivity index (χ1n) is 6.68. The molecule has 1 N–H and O–H groups in total. The number of hydrogen-bond acceptors (Lipinski definition) is 4. The van der Waals surface area contributed by atoms with Crippen LogP contribution in [-0.4, -0.2) is 31.3 Å². The lowest BCUT2D eigenvalue weighted by Gasteiger charge is -2.24. The van der Waals surface area contributed by atoms with Crippen molar-refractivity contribution in [2.45, 2.75) is 18.9 Å². The van der Waals surface area contributed by atoms with E-state index in [9.17, 15) is 0 Å². The van der Waals surface area contributed by atoms with E-state index < -0.39 is 0 Å². The SMILES string of the molecule is COc1cc(OC2CCNCC2)c2ccccc2n1. The number of benzene rings is 1. The molecule has 3 rings (SSSR count). The zero-order chi connectivity index (χ0) is 13.1. The summed E-state index contributed by atoms with van der Waals surface area (Å²) in [4.78, 5) is 4.43. The summed E-state index contributed by atoms with van der Waals surface area (Å²) in [5, 5.41) is 4.39. The number of piperidine rings is 1. The fourth-order valence-electron chi connectivity index (χ4n) is 2.42. The Bertz CT molecular complexity index is 565. The summed E-state index contributed by atoms with van der Waals surface area (Å²) in [5.41, 5.74) is 0.908. The second-order valence-electron chi connectivity index (χ2n) is 4.75. The molecule has 2 heterocycles. The highest BCUT2D eigenvalue weighted by Gasteiger charge is 2.16. The van der Waals surface area contributed by atoms with Crippen molar-refractivity contribution in [1.82, 2.24) is 10.3 Å². The van der Waals surface area contributed by atoms with E-state index in [1.807, 2.05) is 30.3 Å². The second kappa shape index (κ2) is 5.45. The summed E-state index contributed by atoms with van der Waals surface area (Å²) in [7, 11) is 1.63. The van der Waals surface area contributed by atoms with Crippen LogP contribution in [0.1, 0.15) is 12.8 Å². The predicted octanol–water partition coefficient (Wildman–Crippen LogP) is 2.37. The number of fused-ring (bicyclic) bond motifs is 1. The molecular formula is C15H18N2O2. The Labute approximate surface area is 112 Å². The number of rotatable bonds is 3. The minimum Gasteiger partial charge on any atom is -0.489 e. The van der Waals surface area contributed by atoms with Crippen molar-refractivity contribution in [2.75, 3.05) is 20.2 Å². The number of nitrogens with zero attached hydrogens (tertiary/aromatic N) is 1. The molecule has 0 saturated carbocycles. The van der Waals surface area contributed by atoms with Gasteiger partial charge in [-0.3, -0.25) is 0 Å². The van der Waals surface area contributed by atoms with Gasteiger partial charge in [-0.2, -0.15) is 0 Å². The van der Waals surface area contributed by atoms with E-state index in [4.69, 9.17) is 9.47 Å². The lowest BCUT2D eigenvalue weighted by atomic mass is 10.1. The van der Waals surface area contributed by atoms with Crippen LogP contribution in [0.5, 0.6) is 11.6 Å². The van der Waals surface area contributed by atoms with E-state index in [1.54, 1.807) is 7.11 Å². The Morgan fingerprint density at radius 1 is 1.21 bits per heavy atom. The number of ether oxygens (including phenoxy) is 2. The van der Waals surface area contributed by atoms with Gasteiger partial charge in [0.25, 0.3) is 0 Å². The Morgan fingerprint density at radius 3 is 2.79 bits per heavy atom. The van der Waals surface area contributed by atoms with Crippen molar-refractivity contribution in [3.63, 3.8) is 0 Å². The topological polar surface area (TPSA) is 43.4 Å². The molecule has 0 amide bonds. The molecular weight excluding hydrogens is 240 g/mol. The van der Waals surface area contributed by atoms with Crippen LogP contribution in [0, 0.1) is 0 Å². The molecule has 0 radical (unpaired) electrons. The molecule has 1 aromatic carbocycles. The standard InChI is InChI=1S/C15H18N2O2/c1-18-15-10-14(19-11-6-8-16-9-7-11)12-4-2-3-5-13(12)17-15/h2-5,10-11,16H,6-9H2,1H3. The largest absolute Gasteiger partial charge is 0.489 e. The Morgan fingerprint density at radius 2 is 2.00 bits per heavy atom. The number of para-hydroxylation sites is 1. The zero-order valence-electron chi connectivity index (χ0n) is 11.1. The van der Waals surface area contributed by atoms with E-state index >= 15 is 0 Å². The summed E-state index contributed by atoms with van der Waals surface area (Å²) in [6, 6.07) is 9.88. The predicted molar refractivity (Wildman–Crippen MR) is 74.8 cm³/mol. The normalized spacial score (nSPS) is 16.5. The van der Waals surface area contributed by atoms with E-state index in [2.05, 4.69) is 10.3 Å². The molecule has 1 aliphatic heterocycles. The van der Waals surface area contributed by atoms with Crippen LogP contribution in [-0.2, 0) is 0 Å². The fraction of sp³-hybridized carbons (Fsp3) is 0.400. The molecule has 0 spiro atoms. The lowest BCUT2D eigenvalue weighted by molar-refractivity contribution is 0.164. The van der Waals surface area contributed by atoms with Crippen molar-refractivity contribution in [1.29, 1.82) is 0 Å². The maximum absolute atomic E-state index is 6.15. The van der Waals surface area contributed by atoms with Gasteiger partial charge in [0.2, 0.25) is 5.88 Å². The van der Waals surface area contributed by atoms with Crippen LogP contribution in [0.15, 0.2) is 30.3 Å². The van der Waals surface area contributed by atoms with Crippen LogP contribution in [0.4, 0.5) is 0 Å². The van der Waals surface area contributed by atoms with Gasteiger partial charge in [-0.25, -0.2) is 4.98 Å². The first kappa shape index (κ1) is 12.2. The summed E-state index contributed by atoms with van der Waals surface area (Å²) in [6.07, 6.45) is 2.36. The fourth-order valence-corrected chi connectivity index (χ4v) is 2.42. The molecule has 4 heteroatoms. The van der Waals surface area contributed by atoms with E-state index in [-0.39, 0.29) is 6.10 Å². The van der Waals surface area contributed by atoms with E-state index in [0.717, 1.165) is 42.6 Å². The molecule has 1 fully saturated rings. The minimum atomic E-state index is 0.275. The summed E-state index contributed by atoms with van der Waals surface area (Å²) < 4.78 is 11.4. The Balaban J connectivity index is 1.95. The molecule has 1 saturated heterocycles. The zero-order valence-corrected chi connectivity index (χ0v) is 11.1. The maximum Gasteiger partial charge on any atom is 0.217 e. The van der Waals surface area contributed by atoms with Crippen LogP contribution in [0.3, 0.4) is 0 Å². The second-order valence-corrected chi connectivity index (χ2v) is 4.75. The van der Waals surface area contributed by atoms with Crippen molar-refractivity contribution in [3.8, 4) is 11.6 Å². The quantitative estimate of drug-likeness (QED) is 0.918. The summed E-state index contributed by atoms with van der Waals surface area (Å²) in [6.45, 7) is 2.04. The van der Waals surface area contributed by atoms with Gasteiger partial charge in [-0.1, -0.05) is 12.1 Å². The van der Waals surface area contributed by atoms with Crippen molar-refractivity contribution < 1.29 is 9.47 Å². The van der Waals surface area contributed by atoms with Crippen LogP contribution < -0.4 is 14.8 Å². The lowest BCUT2D eigenvalue weighted by Crippen LogP contribution is -2.34. The average molecular weight is 258 g/mol. The van der Waals surface area contributed by atoms with Gasteiger partial charge in [0.1, 0.15) is 11.9 Å². The molecule has 0 unspecified atom stereocenters. The molecule has 100 valence electrons. The van der Waals surface area contributed by atoms with Crippen LogP contribution >= 0.6 is 0 Å². The number of methoxy groups -OCH3 is 1. The van der Waals surface area contributed by atoms with Crippen LogP contribution in [0.2, 0.25) is 0 Å². The highest BCUT2D eigenvalue weighted by molar-refractivity contribution is 5.85. The molecule has 0 aliphatic carbocycles. The first-order chi connectivity index (χ1) is 9.36. The number of hydrogen-bond donors (Lipinski definition) is 1. The van der Waals surface area contributed by atoms with Gasteiger partial charge in [0, 0.05) is 11.5 Å². The molecule has 4 nitrogen and oxygen atoms in total. The third kappa shape index (κ3) is 2.63. The summed E-state index contributed by atoms with van der Waals surface area (Å²) in [5.74, 6) is 1.47. The summed E-state index contributed by atoms with van der Waals surface area (Å²) >= 11 is 0. The average Bonchev–Trinajstić information content (AvgIpc) is 2.48. The maximum atomic E-state index is 6.15. The molecule has 1 aromatic heterocycles. The van der Waals surface area contributed by atoms with E-state index in [1.165, 1.54) is 0 Å². The third-order valence-electron chi connectivity index (χ3n) is 3.44. The minimum absolute atomic E-state index is 0.275. The van der Waals surface area contributed by atoms with Gasteiger partial charge in [-0.15, -0.1) is 0 Å². The highest BCUT2D eigenvalue weighted by atomic mass is 16.5. The number of pyridine rings is 1. The molecule has 19 heavy (non-hydrogen) atoms. The van der Waals surface area contributed by atoms with Gasteiger partial charge in [-0.05, 0) is 38.1 Å². The number of nitrogens with one attached hydrogen (secondary N) is 1.